The molecule has 0 amide bonds. The van der Waals surface area contributed by atoms with Gasteiger partial charge in [0.05, 0.1) is 0 Å². The number of hydrogen-bond acceptors (Lipinski definition) is 2. The summed E-state index contributed by atoms with van der Waals surface area (Å²) in [7, 11) is 2.05. The van der Waals surface area contributed by atoms with E-state index in [0.717, 1.165) is 6.42 Å². The Hall–Kier alpha value is -1.12. The van der Waals surface area contributed by atoms with Gasteiger partial charge in [-0.3, -0.25) is 0 Å². The van der Waals surface area contributed by atoms with Crippen LogP contribution in [-0.2, 0) is 6.42 Å². The van der Waals surface area contributed by atoms with Crippen molar-refractivity contribution >= 4 is 11.3 Å². The van der Waals surface area contributed by atoms with Gasteiger partial charge in [0.1, 0.15) is 0 Å². The second kappa shape index (κ2) is 5.68. The van der Waals surface area contributed by atoms with Gasteiger partial charge in [0, 0.05) is 15.8 Å². The lowest BCUT2D eigenvalue weighted by Crippen LogP contribution is -2.19. The largest absolute Gasteiger partial charge is 0.313 e. The first kappa shape index (κ1) is 13.3. The van der Waals surface area contributed by atoms with Crippen molar-refractivity contribution in [3.05, 3.63) is 56.8 Å². The van der Waals surface area contributed by atoms with E-state index in [9.17, 15) is 0 Å². The van der Waals surface area contributed by atoms with Gasteiger partial charge in [-0.25, -0.2) is 0 Å². The summed E-state index contributed by atoms with van der Waals surface area (Å²) in [6, 6.07) is 11.5. The molecule has 1 aromatic heterocycles. The van der Waals surface area contributed by atoms with Crippen molar-refractivity contribution in [2.45, 2.75) is 33.2 Å². The highest BCUT2D eigenvalue weighted by Gasteiger charge is 2.14. The van der Waals surface area contributed by atoms with Gasteiger partial charge < -0.3 is 5.32 Å². The van der Waals surface area contributed by atoms with Crippen LogP contribution in [-0.4, -0.2) is 7.05 Å². The normalized spacial score (nSPS) is 12.7. The molecule has 0 saturated carbocycles. The van der Waals surface area contributed by atoms with Crippen LogP contribution < -0.4 is 5.32 Å². The molecule has 0 aliphatic rings. The molecule has 0 bridgehead atoms. The lowest BCUT2D eigenvalue weighted by atomic mass is 9.98. The van der Waals surface area contributed by atoms with Crippen molar-refractivity contribution in [3.63, 3.8) is 0 Å². The number of rotatable bonds is 4. The molecule has 1 unspecified atom stereocenters. The minimum Gasteiger partial charge on any atom is -0.313 e. The smallest absolute Gasteiger partial charge is 0.0369 e. The van der Waals surface area contributed by atoms with Crippen molar-refractivity contribution in [1.29, 1.82) is 0 Å². The van der Waals surface area contributed by atoms with E-state index in [1.807, 2.05) is 18.4 Å². The fraction of sp³-hybridized carbons (Fsp3) is 0.375. The molecule has 0 aliphatic heterocycles. The second-order valence-electron chi connectivity index (χ2n) is 4.90. The third-order valence-electron chi connectivity index (χ3n) is 3.33. The van der Waals surface area contributed by atoms with Crippen molar-refractivity contribution in [2.75, 3.05) is 7.05 Å². The van der Waals surface area contributed by atoms with E-state index in [1.54, 1.807) is 0 Å². The van der Waals surface area contributed by atoms with E-state index in [-0.39, 0.29) is 0 Å². The lowest BCUT2D eigenvalue weighted by molar-refractivity contribution is 0.591. The minimum atomic E-state index is 0.414. The Balaban J connectivity index is 2.22. The molecule has 1 aromatic carbocycles. The predicted molar refractivity (Wildman–Crippen MR) is 80.5 cm³/mol. The van der Waals surface area contributed by atoms with E-state index in [4.69, 9.17) is 0 Å². The average Bonchev–Trinajstić information content (AvgIpc) is 2.65. The zero-order valence-corrected chi connectivity index (χ0v) is 12.4. The molecule has 2 aromatic rings. The van der Waals surface area contributed by atoms with Crippen LogP contribution in [0.25, 0.3) is 0 Å². The monoisotopic (exact) mass is 259 g/mol. The molecule has 18 heavy (non-hydrogen) atoms. The number of aryl methyl sites for hydroxylation is 3. The van der Waals surface area contributed by atoms with Gasteiger partial charge in [0.2, 0.25) is 0 Å². The lowest BCUT2D eigenvalue weighted by Gasteiger charge is -2.16. The van der Waals surface area contributed by atoms with Crippen LogP contribution in [0.3, 0.4) is 0 Å². The van der Waals surface area contributed by atoms with Crippen molar-refractivity contribution < 1.29 is 0 Å². The Kier molecular flexibility index (Phi) is 4.20. The van der Waals surface area contributed by atoms with Gasteiger partial charge in [-0.2, -0.15) is 0 Å². The topological polar surface area (TPSA) is 12.0 Å². The summed E-state index contributed by atoms with van der Waals surface area (Å²) >= 11 is 1.89. The molecule has 1 heterocycles. The standard InChI is InChI=1S/C16H21NS/c1-11-6-5-7-14(8-11)10-16(17-4)15-9-12(2)18-13(15)3/h5-9,16-17H,10H2,1-4H3. The molecule has 1 N–H and O–H groups in total. The molecule has 1 atom stereocenters. The van der Waals surface area contributed by atoms with Gasteiger partial charge in [0.25, 0.3) is 0 Å². The third kappa shape index (κ3) is 3.01. The predicted octanol–water partition coefficient (Wildman–Crippen LogP) is 4.18. The number of hydrogen-bond donors (Lipinski definition) is 1. The van der Waals surface area contributed by atoms with E-state index < -0.39 is 0 Å². The van der Waals surface area contributed by atoms with Gasteiger partial charge in [-0.05, 0) is 51.4 Å². The molecule has 0 spiro atoms. The Labute approximate surface area is 114 Å². The van der Waals surface area contributed by atoms with Gasteiger partial charge in [0.15, 0.2) is 0 Å². The van der Waals surface area contributed by atoms with Crippen LogP contribution in [0.15, 0.2) is 30.3 Å². The maximum Gasteiger partial charge on any atom is 0.0369 e. The van der Waals surface area contributed by atoms with Gasteiger partial charge >= 0.3 is 0 Å². The third-order valence-corrected chi connectivity index (χ3v) is 4.31. The number of likely N-dealkylation sites (N-methyl/N-ethyl adjacent to an activating group) is 1. The minimum absolute atomic E-state index is 0.414. The van der Waals surface area contributed by atoms with Crippen molar-refractivity contribution in [2.24, 2.45) is 0 Å². The molecule has 0 fully saturated rings. The Morgan fingerprint density at radius 1 is 1.17 bits per heavy atom. The van der Waals surface area contributed by atoms with Crippen LogP contribution in [0.4, 0.5) is 0 Å². The maximum atomic E-state index is 3.45. The van der Waals surface area contributed by atoms with Crippen molar-refractivity contribution in [1.82, 2.24) is 5.32 Å². The zero-order valence-electron chi connectivity index (χ0n) is 11.6. The van der Waals surface area contributed by atoms with Crippen LogP contribution in [0.2, 0.25) is 0 Å². The van der Waals surface area contributed by atoms with Crippen LogP contribution in [0.1, 0.15) is 32.5 Å². The molecule has 96 valence electrons. The summed E-state index contributed by atoms with van der Waals surface area (Å²) in [4.78, 5) is 2.83. The fourth-order valence-electron chi connectivity index (χ4n) is 2.44. The van der Waals surface area contributed by atoms with Crippen molar-refractivity contribution in [3.8, 4) is 0 Å². The second-order valence-corrected chi connectivity index (χ2v) is 6.36. The summed E-state index contributed by atoms with van der Waals surface area (Å²) in [6.45, 7) is 6.55. The molecule has 1 nitrogen and oxygen atoms in total. The number of thiophene rings is 1. The van der Waals surface area contributed by atoms with Crippen LogP contribution >= 0.6 is 11.3 Å². The number of benzene rings is 1. The molecule has 0 saturated heterocycles. The molecule has 0 aliphatic carbocycles. The Morgan fingerprint density at radius 2 is 1.94 bits per heavy atom. The fourth-order valence-corrected chi connectivity index (χ4v) is 3.43. The highest BCUT2D eigenvalue weighted by molar-refractivity contribution is 7.12. The molecule has 2 rings (SSSR count). The summed E-state index contributed by atoms with van der Waals surface area (Å²) < 4.78 is 0. The average molecular weight is 259 g/mol. The number of nitrogens with one attached hydrogen (secondary N) is 1. The SMILES string of the molecule is CNC(Cc1cccc(C)c1)c1cc(C)sc1C. The summed E-state index contributed by atoms with van der Waals surface area (Å²) in [5.74, 6) is 0. The Bertz CT molecular complexity index is 528. The van der Waals surface area contributed by atoms with E-state index in [2.05, 4.69) is 56.4 Å². The summed E-state index contributed by atoms with van der Waals surface area (Å²) in [5, 5.41) is 3.45. The first-order valence-corrected chi connectivity index (χ1v) is 7.21. The van der Waals surface area contributed by atoms with Crippen LogP contribution in [0.5, 0.6) is 0 Å². The highest BCUT2D eigenvalue weighted by atomic mass is 32.1. The first-order valence-electron chi connectivity index (χ1n) is 6.40. The van der Waals surface area contributed by atoms with E-state index in [0.29, 0.717) is 6.04 Å². The van der Waals surface area contributed by atoms with E-state index in [1.165, 1.54) is 26.4 Å². The molecule has 0 radical (unpaired) electrons. The summed E-state index contributed by atoms with van der Waals surface area (Å²) in [5.41, 5.74) is 4.18. The molecule has 2 heteroatoms. The highest BCUT2D eigenvalue weighted by Crippen LogP contribution is 2.28. The van der Waals surface area contributed by atoms with E-state index >= 15 is 0 Å². The van der Waals surface area contributed by atoms with Crippen LogP contribution in [0, 0.1) is 20.8 Å². The Morgan fingerprint density at radius 3 is 2.50 bits per heavy atom. The zero-order chi connectivity index (χ0) is 13.1. The van der Waals surface area contributed by atoms with Gasteiger partial charge in [-0.15, -0.1) is 11.3 Å². The maximum absolute atomic E-state index is 3.45. The quantitative estimate of drug-likeness (QED) is 0.868. The summed E-state index contributed by atoms with van der Waals surface area (Å²) in [6.07, 6.45) is 1.05. The first-order chi connectivity index (χ1) is 8.60. The van der Waals surface area contributed by atoms with Gasteiger partial charge in [-0.1, -0.05) is 29.8 Å². The molecular weight excluding hydrogens is 238 g/mol. The molecular formula is C16H21NS.